The molecule has 0 unspecified atom stereocenters. The van der Waals surface area contributed by atoms with Crippen molar-refractivity contribution >= 4 is 27.3 Å². The number of hydrogen-bond acceptors (Lipinski definition) is 5. The number of aromatic nitrogens is 2. The van der Waals surface area contributed by atoms with Crippen LogP contribution >= 0.6 is 27.3 Å². The maximum absolute atomic E-state index is 5.38. The van der Waals surface area contributed by atoms with Gasteiger partial charge >= 0.3 is 0 Å². The number of hydrogen-bond donors (Lipinski definition) is 1. The summed E-state index contributed by atoms with van der Waals surface area (Å²) in [5.74, 6) is 1.93. The van der Waals surface area contributed by atoms with Crippen LogP contribution < -0.4 is 5.32 Å². The van der Waals surface area contributed by atoms with E-state index >= 15 is 0 Å². The molecule has 0 saturated carbocycles. The van der Waals surface area contributed by atoms with Gasteiger partial charge in [0, 0.05) is 5.92 Å². The van der Waals surface area contributed by atoms with Gasteiger partial charge in [-0.25, -0.2) is 0 Å². The average Bonchev–Trinajstić information content (AvgIpc) is 2.99. The molecular weight excluding hydrogens is 314 g/mol. The standard InChI is InChI=1S/C12H14BrN3OS/c1-7-6-9(18-10(7)13)12-15-11(16-17-12)8-2-4-14-5-3-8/h6,8,14H,2-5H2,1H3. The molecule has 6 heteroatoms. The lowest BCUT2D eigenvalue weighted by atomic mass is 9.98. The highest BCUT2D eigenvalue weighted by Crippen LogP contribution is 2.34. The van der Waals surface area contributed by atoms with Crippen LogP contribution in [0.4, 0.5) is 0 Å². The van der Waals surface area contributed by atoms with E-state index in [1.165, 1.54) is 5.56 Å². The molecule has 4 nitrogen and oxygen atoms in total. The van der Waals surface area contributed by atoms with E-state index in [2.05, 4.69) is 44.4 Å². The maximum atomic E-state index is 5.38. The summed E-state index contributed by atoms with van der Waals surface area (Å²) in [4.78, 5) is 5.58. The molecule has 3 heterocycles. The third-order valence-corrected chi connectivity index (χ3v) is 5.34. The lowest BCUT2D eigenvalue weighted by Gasteiger charge is -2.18. The van der Waals surface area contributed by atoms with E-state index in [-0.39, 0.29) is 0 Å². The minimum atomic E-state index is 0.438. The Morgan fingerprint density at radius 3 is 2.89 bits per heavy atom. The molecule has 1 aliphatic rings. The quantitative estimate of drug-likeness (QED) is 0.919. The van der Waals surface area contributed by atoms with Crippen molar-refractivity contribution in [2.24, 2.45) is 0 Å². The average molecular weight is 328 g/mol. The molecule has 1 N–H and O–H groups in total. The topological polar surface area (TPSA) is 51.0 Å². The van der Waals surface area contributed by atoms with Crippen molar-refractivity contribution < 1.29 is 4.52 Å². The lowest BCUT2D eigenvalue weighted by molar-refractivity contribution is 0.392. The van der Waals surface area contributed by atoms with Crippen LogP contribution in [0.2, 0.25) is 0 Å². The monoisotopic (exact) mass is 327 g/mol. The smallest absolute Gasteiger partial charge is 0.268 e. The zero-order valence-corrected chi connectivity index (χ0v) is 12.5. The van der Waals surface area contributed by atoms with Crippen LogP contribution in [-0.2, 0) is 0 Å². The minimum Gasteiger partial charge on any atom is -0.333 e. The Balaban J connectivity index is 1.84. The van der Waals surface area contributed by atoms with Crippen molar-refractivity contribution in [1.82, 2.24) is 15.5 Å². The third kappa shape index (κ3) is 2.37. The summed E-state index contributed by atoms with van der Waals surface area (Å²) in [6, 6.07) is 2.08. The van der Waals surface area contributed by atoms with Crippen molar-refractivity contribution in [3.05, 3.63) is 21.2 Å². The fraction of sp³-hybridized carbons (Fsp3) is 0.500. The molecule has 2 aromatic rings. The molecule has 0 aromatic carbocycles. The highest BCUT2D eigenvalue weighted by Gasteiger charge is 2.21. The number of aryl methyl sites for hydroxylation is 1. The van der Waals surface area contributed by atoms with Crippen LogP contribution in [0.25, 0.3) is 10.8 Å². The molecule has 0 amide bonds. The number of halogens is 1. The molecule has 2 aromatic heterocycles. The SMILES string of the molecule is Cc1cc(-c2nc(C3CCNCC3)no2)sc1Br. The summed E-state index contributed by atoms with van der Waals surface area (Å²) < 4.78 is 6.50. The van der Waals surface area contributed by atoms with E-state index in [9.17, 15) is 0 Å². The van der Waals surface area contributed by atoms with Crippen molar-refractivity contribution in [1.29, 1.82) is 0 Å². The Morgan fingerprint density at radius 2 is 2.22 bits per heavy atom. The Kier molecular flexibility index (Phi) is 3.50. The van der Waals surface area contributed by atoms with Gasteiger partial charge in [0.25, 0.3) is 5.89 Å². The number of piperidine rings is 1. The van der Waals surface area contributed by atoms with E-state index in [4.69, 9.17) is 4.52 Å². The first-order valence-corrected chi connectivity index (χ1v) is 7.65. The fourth-order valence-electron chi connectivity index (χ4n) is 2.15. The van der Waals surface area contributed by atoms with Crippen LogP contribution in [0.15, 0.2) is 14.4 Å². The first kappa shape index (κ1) is 12.3. The van der Waals surface area contributed by atoms with E-state index in [1.807, 2.05) is 0 Å². The molecule has 0 radical (unpaired) electrons. The zero-order valence-electron chi connectivity index (χ0n) is 10.1. The highest BCUT2D eigenvalue weighted by molar-refractivity contribution is 9.11. The normalized spacial score (nSPS) is 17.2. The summed E-state index contributed by atoms with van der Waals surface area (Å²) >= 11 is 5.15. The van der Waals surface area contributed by atoms with Crippen LogP contribution in [0.3, 0.4) is 0 Å². The molecule has 0 atom stereocenters. The first-order valence-electron chi connectivity index (χ1n) is 6.04. The Bertz CT molecular complexity index is 526. The van der Waals surface area contributed by atoms with Crippen LogP contribution in [0, 0.1) is 6.92 Å². The van der Waals surface area contributed by atoms with E-state index < -0.39 is 0 Å². The predicted molar refractivity (Wildman–Crippen MR) is 74.9 cm³/mol. The second-order valence-corrected chi connectivity index (χ2v) is 6.92. The van der Waals surface area contributed by atoms with Gasteiger partial charge < -0.3 is 9.84 Å². The first-order chi connectivity index (χ1) is 8.74. The summed E-state index contributed by atoms with van der Waals surface area (Å²) in [5.41, 5.74) is 1.21. The second kappa shape index (κ2) is 5.11. The maximum Gasteiger partial charge on any atom is 0.268 e. The number of nitrogens with zero attached hydrogens (tertiary/aromatic N) is 2. The summed E-state index contributed by atoms with van der Waals surface area (Å²) in [6.45, 7) is 4.14. The van der Waals surface area contributed by atoms with Crippen LogP contribution in [0.5, 0.6) is 0 Å². The Hall–Kier alpha value is -0.720. The lowest BCUT2D eigenvalue weighted by Crippen LogP contribution is -2.27. The second-order valence-electron chi connectivity index (χ2n) is 4.55. The predicted octanol–water partition coefficient (Wildman–Crippen LogP) is 3.34. The van der Waals surface area contributed by atoms with E-state index in [1.54, 1.807) is 11.3 Å². The molecule has 96 valence electrons. The Labute approximate surface area is 118 Å². The van der Waals surface area contributed by atoms with Crippen molar-refractivity contribution in [2.75, 3.05) is 13.1 Å². The molecule has 0 bridgehead atoms. The molecule has 3 rings (SSSR count). The van der Waals surface area contributed by atoms with Gasteiger partial charge in [-0.1, -0.05) is 5.16 Å². The molecule has 1 saturated heterocycles. The van der Waals surface area contributed by atoms with Gasteiger partial charge in [-0.15, -0.1) is 11.3 Å². The van der Waals surface area contributed by atoms with E-state index in [0.29, 0.717) is 11.8 Å². The number of thiophene rings is 1. The molecule has 18 heavy (non-hydrogen) atoms. The molecular formula is C12H14BrN3OS. The van der Waals surface area contributed by atoms with Gasteiger partial charge in [-0.2, -0.15) is 4.98 Å². The third-order valence-electron chi connectivity index (χ3n) is 3.21. The van der Waals surface area contributed by atoms with Gasteiger partial charge in [0.2, 0.25) is 0 Å². The largest absolute Gasteiger partial charge is 0.333 e. The zero-order chi connectivity index (χ0) is 12.5. The van der Waals surface area contributed by atoms with Gasteiger partial charge in [0.1, 0.15) is 0 Å². The number of rotatable bonds is 2. The minimum absolute atomic E-state index is 0.438. The summed E-state index contributed by atoms with van der Waals surface area (Å²) in [5, 5.41) is 7.48. The van der Waals surface area contributed by atoms with Crippen molar-refractivity contribution in [2.45, 2.75) is 25.7 Å². The fourth-order valence-corrected chi connectivity index (χ4v) is 3.60. The summed E-state index contributed by atoms with van der Waals surface area (Å²) in [7, 11) is 0. The van der Waals surface area contributed by atoms with Gasteiger partial charge in [-0.05, 0) is 60.4 Å². The number of nitrogens with one attached hydrogen (secondary N) is 1. The molecule has 0 aliphatic carbocycles. The Morgan fingerprint density at radius 1 is 1.44 bits per heavy atom. The van der Waals surface area contributed by atoms with Gasteiger partial charge in [-0.3, -0.25) is 0 Å². The highest BCUT2D eigenvalue weighted by atomic mass is 79.9. The van der Waals surface area contributed by atoms with Gasteiger partial charge in [0.05, 0.1) is 8.66 Å². The molecule has 1 fully saturated rings. The summed E-state index contributed by atoms with van der Waals surface area (Å²) in [6.07, 6.45) is 2.18. The molecule has 0 spiro atoms. The van der Waals surface area contributed by atoms with E-state index in [0.717, 1.165) is 40.4 Å². The van der Waals surface area contributed by atoms with Crippen LogP contribution in [-0.4, -0.2) is 23.2 Å². The van der Waals surface area contributed by atoms with Crippen molar-refractivity contribution in [3.8, 4) is 10.8 Å². The molecule has 1 aliphatic heterocycles. The van der Waals surface area contributed by atoms with Crippen molar-refractivity contribution in [3.63, 3.8) is 0 Å². The van der Waals surface area contributed by atoms with Crippen LogP contribution in [0.1, 0.15) is 30.1 Å². The van der Waals surface area contributed by atoms with Gasteiger partial charge in [0.15, 0.2) is 5.82 Å².